The number of para-hydroxylation sites is 1. The lowest BCUT2D eigenvalue weighted by atomic mass is 10.1. The van der Waals surface area contributed by atoms with Gasteiger partial charge in [-0.05, 0) is 23.6 Å². The molecule has 1 aliphatic rings. The molecule has 1 aromatic carbocycles. The fraction of sp³-hybridized carbons (Fsp3) is 0.421. The van der Waals surface area contributed by atoms with E-state index >= 15 is 0 Å². The van der Waals surface area contributed by atoms with Crippen molar-refractivity contribution in [1.29, 1.82) is 0 Å². The number of cyclic esters (lactones) is 1. The Morgan fingerprint density at radius 1 is 1.38 bits per heavy atom. The topological polar surface area (TPSA) is 59.5 Å². The van der Waals surface area contributed by atoms with E-state index in [2.05, 4.69) is 24.9 Å². The highest BCUT2D eigenvalue weighted by atomic mass is 16.6. The maximum Gasteiger partial charge on any atom is 0.306 e. The fourth-order valence-corrected chi connectivity index (χ4v) is 3.00. The summed E-state index contributed by atoms with van der Waals surface area (Å²) >= 11 is 0. The van der Waals surface area contributed by atoms with Gasteiger partial charge in [-0.3, -0.25) is 14.6 Å². The first kappa shape index (κ1) is 16.4. The second-order valence-corrected chi connectivity index (χ2v) is 6.67. The van der Waals surface area contributed by atoms with E-state index in [9.17, 15) is 9.59 Å². The van der Waals surface area contributed by atoms with Crippen LogP contribution in [-0.4, -0.2) is 34.4 Å². The molecule has 1 aliphatic heterocycles. The Morgan fingerprint density at radius 2 is 2.17 bits per heavy atom. The van der Waals surface area contributed by atoms with Crippen LogP contribution in [0, 0.1) is 5.92 Å². The highest BCUT2D eigenvalue weighted by Gasteiger charge is 2.33. The molecule has 2 heterocycles. The van der Waals surface area contributed by atoms with Crippen LogP contribution in [0.1, 0.15) is 32.3 Å². The van der Waals surface area contributed by atoms with Crippen molar-refractivity contribution >= 4 is 22.8 Å². The normalized spacial score (nSPS) is 17.3. The molecule has 0 aliphatic carbocycles. The predicted octanol–water partition coefficient (Wildman–Crippen LogP) is 2.93. The van der Waals surface area contributed by atoms with Gasteiger partial charge in [0.15, 0.2) is 6.10 Å². The van der Waals surface area contributed by atoms with E-state index in [1.54, 1.807) is 4.90 Å². The fourth-order valence-electron chi connectivity index (χ4n) is 3.00. The number of fused-ring (bicyclic) bond motifs is 1. The molecule has 24 heavy (non-hydrogen) atoms. The number of hydrogen-bond acceptors (Lipinski definition) is 4. The lowest BCUT2D eigenvalue weighted by Gasteiger charge is -2.26. The molecule has 1 saturated heterocycles. The van der Waals surface area contributed by atoms with Gasteiger partial charge < -0.3 is 9.64 Å². The zero-order chi connectivity index (χ0) is 17.1. The Hall–Kier alpha value is -2.43. The molecule has 5 heteroatoms. The number of carbonyl (C=O) groups is 2. The zero-order valence-electron chi connectivity index (χ0n) is 14.1. The number of benzene rings is 1. The molecule has 0 bridgehead atoms. The molecule has 3 rings (SSSR count). The van der Waals surface area contributed by atoms with Crippen molar-refractivity contribution in [2.75, 3.05) is 6.54 Å². The lowest BCUT2D eigenvalue weighted by molar-refractivity contribution is -0.153. The van der Waals surface area contributed by atoms with Crippen LogP contribution >= 0.6 is 0 Å². The number of pyridine rings is 1. The Kier molecular flexibility index (Phi) is 4.79. The maximum absolute atomic E-state index is 12.7. The average Bonchev–Trinajstić information content (AvgIpc) is 2.99. The van der Waals surface area contributed by atoms with Gasteiger partial charge in [0.25, 0.3) is 5.91 Å². The van der Waals surface area contributed by atoms with E-state index in [0.29, 0.717) is 31.8 Å². The zero-order valence-corrected chi connectivity index (χ0v) is 14.1. The van der Waals surface area contributed by atoms with Crippen LogP contribution in [0.4, 0.5) is 0 Å². The standard InChI is InChI=1S/C19H22N2O3/c1-13(2)11-21(19(23)17-7-8-18(22)24-17)12-14-9-15-5-3-4-6-16(15)20-10-14/h3-6,9-10,13,17H,7-8,11-12H2,1-2H3/t17-/m1/s1. The second kappa shape index (κ2) is 6.99. The van der Waals surface area contributed by atoms with Gasteiger partial charge in [0, 0.05) is 37.5 Å². The van der Waals surface area contributed by atoms with E-state index < -0.39 is 6.10 Å². The SMILES string of the molecule is CC(C)CN(Cc1cnc2ccccc2c1)C(=O)[C@H]1CCC(=O)O1. The highest BCUT2D eigenvalue weighted by molar-refractivity contribution is 5.86. The minimum Gasteiger partial charge on any atom is -0.452 e. The number of aromatic nitrogens is 1. The molecule has 0 N–H and O–H groups in total. The molecule has 0 radical (unpaired) electrons. The smallest absolute Gasteiger partial charge is 0.306 e. The van der Waals surface area contributed by atoms with E-state index in [4.69, 9.17) is 4.74 Å². The number of ether oxygens (including phenoxy) is 1. The first-order valence-corrected chi connectivity index (χ1v) is 8.35. The Bertz CT molecular complexity index is 757. The van der Waals surface area contributed by atoms with Gasteiger partial charge in [0.05, 0.1) is 5.52 Å². The molecular formula is C19H22N2O3. The molecule has 0 saturated carbocycles. The molecule has 1 atom stereocenters. The van der Waals surface area contributed by atoms with Crippen LogP contribution in [0.15, 0.2) is 36.5 Å². The maximum atomic E-state index is 12.7. The van der Waals surface area contributed by atoms with Crippen molar-refractivity contribution in [3.05, 3.63) is 42.1 Å². The molecule has 0 unspecified atom stereocenters. The van der Waals surface area contributed by atoms with Gasteiger partial charge in [-0.1, -0.05) is 32.0 Å². The van der Waals surface area contributed by atoms with Crippen LogP contribution in [0.3, 0.4) is 0 Å². The van der Waals surface area contributed by atoms with Gasteiger partial charge in [-0.2, -0.15) is 0 Å². The minimum atomic E-state index is -0.635. The number of esters is 1. The Morgan fingerprint density at radius 3 is 2.88 bits per heavy atom. The summed E-state index contributed by atoms with van der Waals surface area (Å²) in [5.41, 5.74) is 1.92. The van der Waals surface area contributed by atoms with Crippen molar-refractivity contribution in [1.82, 2.24) is 9.88 Å². The molecule has 1 fully saturated rings. The van der Waals surface area contributed by atoms with Crippen LogP contribution in [0.2, 0.25) is 0 Å². The summed E-state index contributed by atoms with van der Waals surface area (Å²) < 4.78 is 5.15. The minimum absolute atomic E-state index is 0.109. The highest BCUT2D eigenvalue weighted by Crippen LogP contribution is 2.20. The number of nitrogens with zero attached hydrogens (tertiary/aromatic N) is 2. The van der Waals surface area contributed by atoms with Crippen molar-refractivity contribution in [3.63, 3.8) is 0 Å². The molecular weight excluding hydrogens is 304 g/mol. The van der Waals surface area contributed by atoms with E-state index in [1.807, 2.05) is 30.5 Å². The quantitative estimate of drug-likeness (QED) is 0.793. The summed E-state index contributed by atoms with van der Waals surface area (Å²) in [7, 11) is 0. The third kappa shape index (κ3) is 3.72. The van der Waals surface area contributed by atoms with Crippen molar-refractivity contribution in [2.24, 2.45) is 5.92 Å². The summed E-state index contributed by atoms with van der Waals surface area (Å²) in [5.74, 6) is -0.0626. The summed E-state index contributed by atoms with van der Waals surface area (Å²) in [6.45, 7) is 5.24. The van der Waals surface area contributed by atoms with Crippen molar-refractivity contribution in [3.8, 4) is 0 Å². The molecule has 126 valence electrons. The first-order valence-electron chi connectivity index (χ1n) is 8.35. The molecule has 5 nitrogen and oxygen atoms in total. The number of rotatable bonds is 5. The van der Waals surface area contributed by atoms with Crippen LogP contribution in [0.25, 0.3) is 10.9 Å². The third-order valence-corrected chi connectivity index (χ3v) is 4.08. The van der Waals surface area contributed by atoms with Crippen molar-refractivity contribution in [2.45, 2.75) is 39.3 Å². The molecule has 0 spiro atoms. The predicted molar refractivity (Wildman–Crippen MR) is 91.1 cm³/mol. The van der Waals surface area contributed by atoms with Gasteiger partial charge >= 0.3 is 5.97 Å². The van der Waals surface area contributed by atoms with Crippen LogP contribution in [0.5, 0.6) is 0 Å². The lowest BCUT2D eigenvalue weighted by Crippen LogP contribution is -2.40. The summed E-state index contributed by atoms with van der Waals surface area (Å²) in [5, 5.41) is 1.05. The molecule has 1 amide bonds. The monoisotopic (exact) mass is 326 g/mol. The van der Waals surface area contributed by atoms with Gasteiger partial charge in [-0.15, -0.1) is 0 Å². The first-order chi connectivity index (χ1) is 11.5. The van der Waals surface area contributed by atoms with Crippen LogP contribution in [-0.2, 0) is 20.9 Å². The summed E-state index contributed by atoms with van der Waals surface area (Å²) in [4.78, 5) is 30.3. The second-order valence-electron chi connectivity index (χ2n) is 6.67. The Balaban J connectivity index is 1.79. The van der Waals surface area contributed by atoms with Gasteiger partial charge in [0.1, 0.15) is 0 Å². The van der Waals surface area contributed by atoms with E-state index in [1.165, 1.54) is 0 Å². The number of carbonyl (C=O) groups excluding carboxylic acids is 2. The van der Waals surface area contributed by atoms with Gasteiger partial charge in [0.2, 0.25) is 0 Å². The average molecular weight is 326 g/mol. The van der Waals surface area contributed by atoms with E-state index in [-0.39, 0.29) is 11.9 Å². The number of hydrogen-bond donors (Lipinski definition) is 0. The molecule has 1 aromatic heterocycles. The summed E-state index contributed by atoms with van der Waals surface area (Å²) in [6, 6.07) is 9.97. The largest absolute Gasteiger partial charge is 0.452 e. The van der Waals surface area contributed by atoms with Crippen LogP contribution < -0.4 is 0 Å². The van der Waals surface area contributed by atoms with Gasteiger partial charge in [-0.25, -0.2) is 0 Å². The third-order valence-electron chi connectivity index (χ3n) is 4.08. The number of amides is 1. The van der Waals surface area contributed by atoms with Crippen molar-refractivity contribution < 1.29 is 14.3 Å². The molecule has 2 aromatic rings. The van der Waals surface area contributed by atoms with E-state index in [0.717, 1.165) is 16.5 Å². The summed E-state index contributed by atoms with van der Waals surface area (Å²) in [6.07, 6.45) is 1.97. The Labute approximate surface area is 141 Å².